The van der Waals surface area contributed by atoms with Gasteiger partial charge in [-0.25, -0.2) is 0 Å². The van der Waals surface area contributed by atoms with Crippen LogP contribution in [0.3, 0.4) is 0 Å². The predicted octanol–water partition coefficient (Wildman–Crippen LogP) is 0.691. The van der Waals surface area contributed by atoms with E-state index in [1.807, 2.05) is 11.5 Å². The molecule has 0 aromatic carbocycles. The number of likely N-dealkylation sites (tertiary alicyclic amines) is 1. The van der Waals surface area contributed by atoms with Gasteiger partial charge in [0.2, 0.25) is 0 Å². The van der Waals surface area contributed by atoms with Crippen molar-refractivity contribution in [2.45, 2.75) is 39.7 Å². The summed E-state index contributed by atoms with van der Waals surface area (Å²) in [7, 11) is 1.77. The highest BCUT2D eigenvalue weighted by Gasteiger charge is 2.28. The third-order valence-corrected chi connectivity index (χ3v) is 4.20. The molecule has 8 heteroatoms. The first-order valence-corrected chi connectivity index (χ1v) is 8.68. The van der Waals surface area contributed by atoms with E-state index in [-0.39, 0.29) is 11.9 Å². The molecule has 0 amide bonds. The van der Waals surface area contributed by atoms with Crippen molar-refractivity contribution < 1.29 is 9.53 Å². The highest BCUT2D eigenvalue weighted by molar-refractivity contribution is 5.81. The van der Waals surface area contributed by atoms with Crippen molar-refractivity contribution in [3.05, 3.63) is 12.2 Å². The van der Waals surface area contributed by atoms with Crippen LogP contribution in [0.15, 0.2) is 11.3 Å². The number of aryl methyl sites for hydroxylation is 1. The summed E-state index contributed by atoms with van der Waals surface area (Å²) >= 11 is 0. The lowest BCUT2D eigenvalue weighted by Crippen LogP contribution is -2.48. The van der Waals surface area contributed by atoms with Gasteiger partial charge >= 0.3 is 5.97 Å². The van der Waals surface area contributed by atoms with E-state index in [2.05, 4.69) is 32.3 Å². The van der Waals surface area contributed by atoms with Gasteiger partial charge in [0.15, 0.2) is 5.96 Å². The van der Waals surface area contributed by atoms with E-state index in [0.717, 1.165) is 50.7 Å². The van der Waals surface area contributed by atoms with Crippen molar-refractivity contribution in [1.29, 1.82) is 0 Å². The number of ether oxygens (including phenoxy) is 1. The van der Waals surface area contributed by atoms with Gasteiger partial charge in [-0.3, -0.25) is 9.79 Å². The molecule has 1 fully saturated rings. The summed E-state index contributed by atoms with van der Waals surface area (Å²) in [6, 6.07) is 0. The molecule has 0 radical (unpaired) electrons. The molecule has 134 valence electrons. The van der Waals surface area contributed by atoms with Gasteiger partial charge in [-0.05, 0) is 19.8 Å². The van der Waals surface area contributed by atoms with Crippen molar-refractivity contribution in [3.8, 4) is 0 Å². The molecule has 0 saturated carbocycles. The van der Waals surface area contributed by atoms with Crippen LogP contribution >= 0.6 is 0 Å². The van der Waals surface area contributed by atoms with E-state index in [0.29, 0.717) is 13.2 Å². The van der Waals surface area contributed by atoms with Crippen LogP contribution in [0.2, 0.25) is 0 Å². The summed E-state index contributed by atoms with van der Waals surface area (Å²) in [6.45, 7) is 7.42. The van der Waals surface area contributed by atoms with E-state index in [1.54, 1.807) is 13.4 Å². The smallest absolute Gasteiger partial charge is 0.310 e. The Kier molecular flexibility index (Phi) is 7.02. The zero-order chi connectivity index (χ0) is 17.4. The first-order valence-electron chi connectivity index (χ1n) is 8.68. The van der Waals surface area contributed by atoms with Crippen molar-refractivity contribution in [2.24, 2.45) is 10.9 Å². The molecule has 1 aliphatic rings. The van der Waals surface area contributed by atoms with Crippen molar-refractivity contribution in [3.63, 3.8) is 0 Å². The van der Waals surface area contributed by atoms with E-state index >= 15 is 0 Å². The number of nitrogens with zero attached hydrogens (tertiary/aromatic N) is 5. The molecule has 1 unspecified atom stereocenters. The fourth-order valence-electron chi connectivity index (χ4n) is 2.98. The Morgan fingerprint density at radius 3 is 3.04 bits per heavy atom. The number of aliphatic imine (C=N–C) groups is 1. The quantitative estimate of drug-likeness (QED) is 0.467. The summed E-state index contributed by atoms with van der Waals surface area (Å²) in [5, 5.41) is 11.4. The average Bonchev–Trinajstić information content (AvgIpc) is 3.06. The normalized spacial score (nSPS) is 18.5. The number of rotatable bonds is 6. The number of nitrogens with one attached hydrogen (secondary N) is 1. The van der Waals surface area contributed by atoms with E-state index in [1.165, 1.54) is 0 Å². The van der Waals surface area contributed by atoms with Gasteiger partial charge < -0.3 is 19.5 Å². The standard InChI is InChI=1S/C16H28N6O2/c1-4-14-20-19-12-22(14)10-8-18-16(17-3)21-9-6-7-13(11-21)15(23)24-5-2/h12-13H,4-11H2,1-3H3,(H,17,18). The maximum Gasteiger partial charge on any atom is 0.310 e. The molecular weight excluding hydrogens is 308 g/mol. The van der Waals surface area contributed by atoms with E-state index in [9.17, 15) is 4.79 Å². The Balaban J connectivity index is 1.85. The molecule has 24 heavy (non-hydrogen) atoms. The molecule has 0 aliphatic carbocycles. The van der Waals surface area contributed by atoms with Gasteiger partial charge in [-0.15, -0.1) is 10.2 Å². The van der Waals surface area contributed by atoms with Gasteiger partial charge in [-0.1, -0.05) is 6.92 Å². The molecule has 1 N–H and O–H groups in total. The number of esters is 1. The van der Waals surface area contributed by atoms with Crippen LogP contribution in [-0.2, 0) is 22.5 Å². The molecule has 1 aliphatic heterocycles. The van der Waals surface area contributed by atoms with Crippen LogP contribution in [-0.4, -0.2) is 64.9 Å². The predicted molar refractivity (Wildman–Crippen MR) is 91.7 cm³/mol. The minimum atomic E-state index is -0.102. The minimum Gasteiger partial charge on any atom is -0.466 e. The Hall–Kier alpha value is -2.12. The molecule has 1 atom stereocenters. The van der Waals surface area contributed by atoms with Crippen LogP contribution in [0, 0.1) is 5.92 Å². The largest absolute Gasteiger partial charge is 0.466 e. The van der Waals surface area contributed by atoms with Crippen molar-refractivity contribution >= 4 is 11.9 Å². The van der Waals surface area contributed by atoms with Crippen molar-refractivity contribution in [1.82, 2.24) is 25.0 Å². The lowest BCUT2D eigenvalue weighted by Gasteiger charge is -2.34. The zero-order valence-corrected chi connectivity index (χ0v) is 14.9. The maximum absolute atomic E-state index is 12.0. The topological polar surface area (TPSA) is 84.6 Å². The summed E-state index contributed by atoms with van der Waals surface area (Å²) in [4.78, 5) is 18.5. The Labute approximate surface area is 143 Å². The van der Waals surface area contributed by atoms with Gasteiger partial charge in [0, 0.05) is 39.6 Å². The molecule has 0 spiro atoms. The van der Waals surface area contributed by atoms with Crippen LogP contribution in [0.4, 0.5) is 0 Å². The molecule has 1 aromatic rings. The second-order valence-corrected chi connectivity index (χ2v) is 5.81. The second-order valence-electron chi connectivity index (χ2n) is 5.81. The van der Waals surface area contributed by atoms with Crippen LogP contribution in [0.1, 0.15) is 32.5 Å². The number of carbonyl (C=O) groups excluding carboxylic acids is 1. The van der Waals surface area contributed by atoms with Gasteiger partial charge in [-0.2, -0.15) is 0 Å². The monoisotopic (exact) mass is 336 g/mol. The molecule has 1 aromatic heterocycles. The first-order chi connectivity index (χ1) is 11.7. The number of hydrogen-bond acceptors (Lipinski definition) is 5. The number of piperidine rings is 1. The molecule has 2 heterocycles. The van der Waals surface area contributed by atoms with Crippen LogP contribution in [0.5, 0.6) is 0 Å². The minimum absolute atomic E-state index is 0.0678. The van der Waals surface area contributed by atoms with Gasteiger partial charge in [0.25, 0.3) is 0 Å². The fraction of sp³-hybridized carbons (Fsp3) is 0.750. The molecule has 0 bridgehead atoms. The SMILES string of the molecule is CCOC(=O)C1CCCN(C(=NC)NCCn2cnnc2CC)C1. The summed E-state index contributed by atoms with van der Waals surface area (Å²) in [5.74, 6) is 1.64. The molecular formula is C16H28N6O2. The Bertz CT molecular complexity index is 557. The molecule has 2 rings (SSSR count). The molecule has 8 nitrogen and oxygen atoms in total. The maximum atomic E-state index is 12.0. The summed E-state index contributed by atoms with van der Waals surface area (Å²) in [6.07, 6.45) is 4.46. The zero-order valence-electron chi connectivity index (χ0n) is 14.9. The Morgan fingerprint density at radius 2 is 2.33 bits per heavy atom. The summed E-state index contributed by atoms with van der Waals surface area (Å²) in [5.41, 5.74) is 0. The lowest BCUT2D eigenvalue weighted by atomic mass is 9.98. The van der Waals surface area contributed by atoms with E-state index in [4.69, 9.17) is 4.74 Å². The van der Waals surface area contributed by atoms with Crippen molar-refractivity contribution in [2.75, 3.05) is 33.3 Å². The third-order valence-electron chi connectivity index (χ3n) is 4.20. The van der Waals surface area contributed by atoms with Crippen LogP contribution < -0.4 is 5.32 Å². The highest BCUT2D eigenvalue weighted by atomic mass is 16.5. The fourth-order valence-corrected chi connectivity index (χ4v) is 2.98. The number of aromatic nitrogens is 3. The van der Waals surface area contributed by atoms with Crippen LogP contribution in [0.25, 0.3) is 0 Å². The highest BCUT2D eigenvalue weighted by Crippen LogP contribution is 2.18. The van der Waals surface area contributed by atoms with E-state index < -0.39 is 0 Å². The Morgan fingerprint density at radius 1 is 1.50 bits per heavy atom. The average molecular weight is 336 g/mol. The number of carbonyl (C=O) groups is 1. The van der Waals surface area contributed by atoms with Gasteiger partial charge in [0.05, 0.1) is 12.5 Å². The number of guanidine groups is 1. The lowest BCUT2D eigenvalue weighted by molar-refractivity contribution is -0.149. The number of hydrogen-bond donors (Lipinski definition) is 1. The summed E-state index contributed by atoms with van der Waals surface area (Å²) < 4.78 is 7.20. The second kappa shape index (κ2) is 9.24. The first kappa shape index (κ1) is 18.2. The molecule has 1 saturated heterocycles. The third kappa shape index (κ3) is 4.69. The van der Waals surface area contributed by atoms with Gasteiger partial charge in [0.1, 0.15) is 12.2 Å².